The van der Waals surface area contributed by atoms with Crippen LogP contribution in [0.15, 0.2) is 0 Å². The molecule has 16 N–H and O–H groups in total. The summed E-state index contributed by atoms with van der Waals surface area (Å²) in [6, 6.07) is -14.0. The van der Waals surface area contributed by atoms with Crippen molar-refractivity contribution in [3.63, 3.8) is 0 Å². The number of ether oxygens (including phenoxy) is 2. The van der Waals surface area contributed by atoms with E-state index in [4.69, 9.17) is 15.2 Å². The number of hydrogen-bond acceptors (Lipinski definition) is 19. The van der Waals surface area contributed by atoms with Crippen LogP contribution in [-0.2, 0) is 57.4 Å². The molecule has 0 saturated carbocycles. The van der Waals surface area contributed by atoms with Crippen LogP contribution < -0.4 is 43.0 Å². The van der Waals surface area contributed by atoms with Gasteiger partial charge in [0.15, 0.2) is 6.29 Å². The summed E-state index contributed by atoms with van der Waals surface area (Å²) in [5.41, 5.74) is 5.24. The molecule has 3 heterocycles. The van der Waals surface area contributed by atoms with Gasteiger partial charge in [0, 0.05) is 26.9 Å². The van der Waals surface area contributed by atoms with Crippen molar-refractivity contribution in [2.75, 3.05) is 26.3 Å². The number of nitrogens with two attached hydrogens (primary N) is 1. The molecule has 18 atom stereocenters. The summed E-state index contributed by atoms with van der Waals surface area (Å²) < 4.78 is 11.6. The van der Waals surface area contributed by atoms with Crippen LogP contribution in [0.3, 0.4) is 0 Å². The van der Waals surface area contributed by atoms with E-state index in [2.05, 4.69) is 37.2 Å². The van der Waals surface area contributed by atoms with Crippen LogP contribution in [0.2, 0.25) is 0 Å². The van der Waals surface area contributed by atoms with Crippen molar-refractivity contribution in [2.45, 2.75) is 191 Å². The summed E-state index contributed by atoms with van der Waals surface area (Å²) in [6.45, 7) is 8.69. The second-order valence-electron chi connectivity index (χ2n) is 19.0. The van der Waals surface area contributed by atoms with E-state index in [0.29, 0.717) is 12.8 Å². The number of hydrogen-bond donors (Lipinski definition) is 15. The molecule has 3 aliphatic heterocycles. The molecular formula is C45H76N10O19. The number of rotatable bonds is 25. The first kappa shape index (κ1) is 62.6. The molecule has 29 nitrogen and oxygen atoms in total. The number of nitrogens with zero attached hydrogens (tertiary/aromatic N) is 2. The number of nitrogens with one attached hydrogen (secondary N) is 7. The Labute approximate surface area is 427 Å². The van der Waals surface area contributed by atoms with Crippen LogP contribution in [0.25, 0.3) is 0 Å². The largest absolute Gasteiger partial charge is 0.394 e. The molecule has 3 saturated heterocycles. The quantitative estimate of drug-likeness (QED) is 0.0404. The third kappa shape index (κ3) is 16.2. The lowest BCUT2D eigenvalue weighted by Crippen LogP contribution is -2.67. The number of likely N-dealkylation sites (tertiary alicyclic amines) is 2. The normalized spacial score (nSPS) is 26.2. The van der Waals surface area contributed by atoms with Gasteiger partial charge in [0.1, 0.15) is 72.7 Å². The maximum Gasteiger partial charge on any atom is 0.248 e. The number of primary amides is 1. The molecule has 3 aliphatic rings. The summed E-state index contributed by atoms with van der Waals surface area (Å²) in [4.78, 5) is 135. The van der Waals surface area contributed by atoms with Gasteiger partial charge in [0.25, 0.3) is 0 Å². The average molecular weight is 1060 g/mol. The fraction of sp³-hybridized carbons (Fsp3) is 0.778. The first-order valence-electron chi connectivity index (χ1n) is 24.5. The maximum absolute atomic E-state index is 14.3. The SMILES string of the molecule is CC[C@H](C)[C@H](NC(=O)[C@@H]1CCCN1C(=O)[C@@H](NC(=O)[C@@H](NC(=O)[C@@H](NC(=O)[C@@H]1CCCN1C(C)=O)[C@@H](C)O[C@H]1O[C@H](CO)[C@H](O)[C@H](O)[C@H]1NC(C)=O)[C@@H](C)O)[C@@H](C)O)C(=O)N[C@@H](CO)C(=O)N[C@H](C(N)=O)[C@@H](C)O. The maximum atomic E-state index is 14.3. The number of amides is 10. The van der Waals surface area contributed by atoms with Gasteiger partial charge in [0.2, 0.25) is 59.1 Å². The fourth-order valence-electron chi connectivity index (χ4n) is 8.79. The van der Waals surface area contributed by atoms with E-state index in [1.54, 1.807) is 13.8 Å². The van der Waals surface area contributed by atoms with Crippen LogP contribution in [0.1, 0.15) is 87.5 Å². The molecule has 0 unspecified atom stereocenters. The average Bonchev–Trinajstić information content (AvgIpc) is 4.04. The zero-order valence-electron chi connectivity index (χ0n) is 42.8. The van der Waals surface area contributed by atoms with Crippen LogP contribution in [-0.4, -0.2) is 234 Å². The molecule has 29 heteroatoms. The summed E-state index contributed by atoms with van der Waals surface area (Å²) in [5.74, 6) is -9.94. The summed E-state index contributed by atoms with van der Waals surface area (Å²) in [7, 11) is 0. The van der Waals surface area contributed by atoms with E-state index in [9.17, 15) is 83.7 Å². The lowest BCUT2D eigenvalue weighted by atomic mass is 9.96. The molecule has 0 aromatic rings. The second kappa shape index (κ2) is 28.3. The van der Waals surface area contributed by atoms with Gasteiger partial charge in [-0.3, -0.25) is 47.9 Å². The predicted octanol–water partition coefficient (Wildman–Crippen LogP) is -8.09. The minimum atomic E-state index is -1.94. The van der Waals surface area contributed by atoms with Crippen molar-refractivity contribution in [2.24, 2.45) is 11.7 Å². The standard InChI is InChI=1S/C45H76N10O19/c1-9-18(2)29(41(69)48-25(16-56)38(66)50-30(19(3)58)37(46)65)49-40(68)27-13-11-15-55(27)44(72)32(21(5)60)52-42(70)31(20(4)59)51-43(71)33(53-39(67)26-12-10-14-54(26)24(8)62)22(6)73-45-34(47-23(7)61)36(64)35(63)28(17-57)74-45/h18-22,25-36,45,56-60,63-64H,9-17H2,1-8H3,(H2,46,65)(H,47,61)(H,48,69)(H,49,68)(H,50,66)(H,51,71)(H,52,70)(H,53,67)/t18-,19+,20+,21+,22+,25-,26-,27-,28+,29-,30-,31-,32-,33-,34+,35-,36+,45-/m0/s1. The second-order valence-corrected chi connectivity index (χ2v) is 19.0. The van der Waals surface area contributed by atoms with E-state index in [1.165, 1.54) is 25.7 Å². The molecule has 3 rings (SSSR count). The number of aliphatic hydroxyl groups excluding tert-OH is 7. The highest BCUT2D eigenvalue weighted by molar-refractivity contribution is 5.98. The van der Waals surface area contributed by atoms with Gasteiger partial charge in [-0.05, 0) is 59.3 Å². The lowest BCUT2D eigenvalue weighted by Gasteiger charge is -2.43. The van der Waals surface area contributed by atoms with Crippen LogP contribution in [0.4, 0.5) is 0 Å². The van der Waals surface area contributed by atoms with Crippen molar-refractivity contribution >= 4 is 59.1 Å². The molecular weight excluding hydrogens is 985 g/mol. The Morgan fingerprint density at radius 1 is 0.649 bits per heavy atom. The Morgan fingerprint density at radius 2 is 1.14 bits per heavy atom. The van der Waals surface area contributed by atoms with E-state index >= 15 is 0 Å². The highest BCUT2D eigenvalue weighted by Crippen LogP contribution is 2.25. The first-order valence-corrected chi connectivity index (χ1v) is 24.5. The predicted molar refractivity (Wildman–Crippen MR) is 253 cm³/mol. The molecule has 0 aromatic heterocycles. The fourth-order valence-corrected chi connectivity index (χ4v) is 8.79. The van der Waals surface area contributed by atoms with Crippen molar-refractivity contribution in [1.82, 2.24) is 47.0 Å². The van der Waals surface area contributed by atoms with Gasteiger partial charge in [0.05, 0.1) is 37.6 Å². The highest BCUT2D eigenvalue weighted by Gasteiger charge is 2.48. The van der Waals surface area contributed by atoms with Gasteiger partial charge in [-0.15, -0.1) is 0 Å². The van der Waals surface area contributed by atoms with E-state index in [0.717, 1.165) is 25.7 Å². The van der Waals surface area contributed by atoms with Crippen LogP contribution >= 0.6 is 0 Å². The Hall–Kier alpha value is -5.66. The zero-order chi connectivity index (χ0) is 56.0. The number of carbonyl (C=O) groups excluding carboxylic acids is 10. The zero-order valence-corrected chi connectivity index (χ0v) is 42.8. The smallest absolute Gasteiger partial charge is 0.248 e. The van der Waals surface area contributed by atoms with Gasteiger partial charge < -0.3 is 98.0 Å². The third-order valence-corrected chi connectivity index (χ3v) is 13.3. The van der Waals surface area contributed by atoms with Crippen molar-refractivity contribution in [3.05, 3.63) is 0 Å². The molecule has 74 heavy (non-hydrogen) atoms. The van der Waals surface area contributed by atoms with E-state index < -0.39 is 182 Å². The summed E-state index contributed by atoms with van der Waals surface area (Å²) >= 11 is 0. The van der Waals surface area contributed by atoms with E-state index in [1.807, 2.05) is 0 Å². The minimum absolute atomic E-state index is 0.0465. The Kier molecular flexibility index (Phi) is 24.0. The third-order valence-electron chi connectivity index (χ3n) is 13.3. The van der Waals surface area contributed by atoms with Crippen molar-refractivity contribution in [1.29, 1.82) is 0 Å². The summed E-state index contributed by atoms with van der Waals surface area (Å²) in [6.07, 6.45) is -11.8. The molecule has 0 radical (unpaired) electrons. The molecule has 0 aromatic carbocycles. The van der Waals surface area contributed by atoms with Crippen molar-refractivity contribution in [3.8, 4) is 0 Å². The van der Waals surface area contributed by atoms with Gasteiger partial charge in [-0.1, -0.05) is 20.3 Å². The topological polar surface area (TPSA) is 447 Å². The first-order chi connectivity index (χ1) is 34.6. The van der Waals surface area contributed by atoms with Gasteiger partial charge in [-0.2, -0.15) is 0 Å². The summed E-state index contributed by atoms with van der Waals surface area (Å²) in [5, 5.41) is 89.4. The monoisotopic (exact) mass is 1060 g/mol. The molecule has 10 amide bonds. The minimum Gasteiger partial charge on any atom is -0.394 e. The van der Waals surface area contributed by atoms with Crippen LogP contribution in [0, 0.1) is 5.92 Å². The molecule has 0 spiro atoms. The highest BCUT2D eigenvalue weighted by atomic mass is 16.7. The Bertz CT molecular complexity index is 2010. The Morgan fingerprint density at radius 3 is 1.62 bits per heavy atom. The number of carbonyl (C=O) groups is 10. The molecule has 0 bridgehead atoms. The Balaban J connectivity index is 1.87. The number of aliphatic hydroxyl groups is 7. The lowest BCUT2D eigenvalue weighted by molar-refractivity contribution is -0.281. The van der Waals surface area contributed by atoms with Crippen LogP contribution in [0.5, 0.6) is 0 Å². The molecule has 3 fully saturated rings. The molecule has 0 aliphatic carbocycles. The van der Waals surface area contributed by atoms with E-state index in [-0.39, 0.29) is 32.4 Å². The van der Waals surface area contributed by atoms with Crippen molar-refractivity contribution < 1.29 is 93.2 Å². The molecule has 420 valence electrons. The van der Waals surface area contributed by atoms with Gasteiger partial charge in [-0.25, -0.2) is 0 Å². The van der Waals surface area contributed by atoms with Gasteiger partial charge >= 0.3 is 0 Å².